The molecule has 0 spiro atoms. The van der Waals surface area contributed by atoms with Crippen molar-refractivity contribution in [2.75, 3.05) is 0 Å². The number of furan rings is 1. The van der Waals surface area contributed by atoms with Crippen LogP contribution in [-0.2, 0) is 6.54 Å². The molecule has 146 valence electrons. The van der Waals surface area contributed by atoms with E-state index in [0.717, 1.165) is 22.3 Å². The summed E-state index contributed by atoms with van der Waals surface area (Å²) in [7, 11) is 0. The summed E-state index contributed by atoms with van der Waals surface area (Å²) >= 11 is 0. The minimum absolute atomic E-state index is 0.180. The Morgan fingerprint density at radius 2 is 2.03 bits per heavy atom. The lowest BCUT2D eigenvalue weighted by molar-refractivity contribution is 0.0952. The molecule has 0 bridgehead atoms. The summed E-state index contributed by atoms with van der Waals surface area (Å²) in [6, 6.07) is 16.8. The number of nitrogens with one attached hydrogen (secondary N) is 1. The van der Waals surface area contributed by atoms with Crippen molar-refractivity contribution in [1.82, 2.24) is 24.8 Å². The van der Waals surface area contributed by atoms with E-state index in [0.29, 0.717) is 23.6 Å². The number of hydrogen-bond acceptors (Lipinski definition) is 5. The third-order valence-electron chi connectivity index (χ3n) is 4.77. The molecular weight excluding hydrogens is 378 g/mol. The van der Waals surface area contributed by atoms with Crippen molar-refractivity contribution >= 4 is 16.8 Å². The van der Waals surface area contributed by atoms with Crippen LogP contribution in [-0.4, -0.2) is 25.4 Å². The lowest BCUT2D eigenvalue weighted by atomic mass is 10.1. The minimum Gasteiger partial charge on any atom is -0.463 e. The van der Waals surface area contributed by atoms with E-state index < -0.39 is 0 Å². The Bertz CT molecular complexity index is 1290. The number of nitrogens with zero attached hydrogens (tertiary/aromatic N) is 4. The number of carbonyl (C=O) groups excluding carboxylic acids is 1. The molecule has 5 aromatic rings. The van der Waals surface area contributed by atoms with Gasteiger partial charge in [-0.1, -0.05) is 24.3 Å². The molecule has 0 aliphatic heterocycles. The van der Waals surface area contributed by atoms with Gasteiger partial charge in [0, 0.05) is 30.5 Å². The average molecular weight is 395 g/mol. The van der Waals surface area contributed by atoms with E-state index >= 15 is 0 Å². The number of imidazole rings is 1. The maximum Gasteiger partial charge on any atom is 0.252 e. The van der Waals surface area contributed by atoms with E-state index in [1.165, 1.54) is 0 Å². The van der Waals surface area contributed by atoms with Crippen molar-refractivity contribution in [2.45, 2.75) is 6.54 Å². The van der Waals surface area contributed by atoms with Gasteiger partial charge >= 0.3 is 0 Å². The second-order valence-electron chi connectivity index (χ2n) is 6.73. The predicted molar refractivity (Wildman–Crippen MR) is 112 cm³/mol. The number of benzene rings is 1. The molecule has 0 aliphatic rings. The van der Waals surface area contributed by atoms with Crippen LogP contribution in [0.2, 0.25) is 0 Å². The highest BCUT2D eigenvalue weighted by Crippen LogP contribution is 2.25. The second-order valence-corrected chi connectivity index (χ2v) is 6.73. The number of fused-ring (bicyclic) bond motifs is 1. The molecular formula is C23H17N5O2. The van der Waals surface area contributed by atoms with Gasteiger partial charge in [0.25, 0.3) is 5.91 Å². The molecule has 4 aromatic heterocycles. The molecule has 4 heterocycles. The summed E-state index contributed by atoms with van der Waals surface area (Å²) < 4.78 is 7.29. The van der Waals surface area contributed by atoms with Gasteiger partial charge < -0.3 is 9.73 Å². The molecule has 1 amide bonds. The normalized spacial score (nSPS) is 10.9. The summed E-state index contributed by atoms with van der Waals surface area (Å²) in [6.07, 6.45) is 8.55. The molecule has 0 unspecified atom stereocenters. The summed E-state index contributed by atoms with van der Waals surface area (Å²) in [5.41, 5.74) is 2.81. The third kappa shape index (κ3) is 3.44. The molecule has 1 N–H and O–H groups in total. The summed E-state index contributed by atoms with van der Waals surface area (Å²) in [4.78, 5) is 26.1. The molecule has 0 saturated heterocycles. The zero-order chi connectivity index (χ0) is 20.3. The van der Waals surface area contributed by atoms with Gasteiger partial charge in [0.05, 0.1) is 17.3 Å². The average Bonchev–Trinajstić information content (AvgIpc) is 3.52. The van der Waals surface area contributed by atoms with Crippen molar-refractivity contribution in [2.24, 2.45) is 0 Å². The van der Waals surface area contributed by atoms with Crippen molar-refractivity contribution in [3.8, 4) is 17.3 Å². The number of amides is 1. The summed E-state index contributed by atoms with van der Waals surface area (Å²) in [5.74, 6) is 1.21. The molecule has 1 aromatic carbocycles. The lowest BCUT2D eigenvalue weighted by Gasteiger charge is -2.10. The smallest absolute Gasteiger partial charge is 0.252 e. The standard InChI is InChI=1S/C23H17N5O2/c29-23(26-14-16-7-8-22(25-13-16)28-10-9-24-15-28)18-12-20(21-6-3-11-30-21)27-19-5-2-1-4-17(18)19/h1-13,15H,14H2,(H,26,29). The van der Waals surface area contributed by atoms with E-state index in [4.69, 9.17) is 4.42 Å². The predicted octanol–water partition coefficient (Wildman–Crippen LogP) is 4.01. The first-order chi connectivity index (χ1) is 14.8. The molecule has 0 saturated carbocycles. The Labute approximate surface area is 172 Å². The first-order valence-electron chi connectivity index (χ1n) is 9.43. The monoisotopic (exact) mass is 395 g/mol. The Kier molecular flexibility index (Phi) is 4.53. The van der Waals surface area contributed by atoms with Crippen molar-refractivity contribution in [3.05, 3.63) is 96.9 Å². The van der Waals surface area contributed by atoms with Crippen molar-refractivity contribution in [3.63, 3.8) is 0 Å². The van der Waals surface area contributed by atoms with Gasteiger partial charge in [0.1, 0.15) is 17.8 Å². The number of rotatable bonds is 5. The van der Waals surface area contributed by atoms with Crippen LogP contribution in [0.5, 0.6) is 0 Å². The highest BCUT2D eigenvalue weighted by molar-refractivity contribution is 6.07. The fraction of sp³-hybridized carbons (Fsp3) is 0.0435. The highest BCUT2D eigenvalue weighted by atomic mass is 16.3. The van der Waals surface area contributed by atoms with E-state index in [1.807, 2.05) is 53.2 Å². The molecule has 0 aliphatic carbocycles. The van der Waals surface area contributed by atoms with Crippen LogP contribution in [0.1, 0.15) is 15.9 Å². The Balaban J connectivity index is 1.39. The molecule has 0 fully saturated rings. The zero-order valence-corrected chi connectivity index (χ0v) is 15.9. The molecule has 0 atom stereocenters. The summed E-state index contributed by atoms with van der Waals surface area (Å²) in [5, 5.41) is 3.77. The van der Waals surface area contributed by atoms with Crippen LogP contribution in [0.25, 0.3) is 28.2 Å². The summed E-state index contributed by atoms with van der Waals surface area (Å²) in [6.45, 7) is 0.364. The topological polar surface area (TPSA) is 85.8 Å². The Hall–Kier alpha value is -4.26. The van der Waals surface area contributed by atoms with Gasteiger partial charge in [0.15, 0.2) is 5.76 Å². The number of para-hydroxylation sites is 1. The maximum atomic E-state index is 13.0. The maximum absolute atomic E-state index is 13.0. The first kappa shape index (κ1) is 17.8. The largest absolute Gasteiger partial charge is 0.463 e. The van der Waals surface area contributed by atoms with Gasteiger partial charge in [-0.15, -0.1) is 0 Å². The van der Waals surface area contributed by atoms with Crippen LogP contribution in [0, 0.1) is 0 Å². The Morgan fingerprint density at radius 3 is 2.80 bits per heavy atom. The van der Waals surface area contributed by atoms with Crippen molar-refractivity contribution in [1.29, 1.82) is 0 Å². The second kappa shape index (κ2) is 7.63. The Morgan fingerprint density at radius 1 is 1.10 bits per heavy atom. The quantitative estimate of drug-likeness (QED) is 0.486. The molecule has 7 nitrogen and oxygen atoms in total. The van der Waals surface area contributed by atoms with E-state index in [-0.39, 0.29) is 5.91 Å². The zero-order valence-electron chi connectivity index (χ0n) is 15.9. The van der Waals surface area contributed by atoms with Gasteiger partial charge in [0.2, 0.25) is 0 Å². The van der Waals surface area contributed by atoms with Gasteiger partial charge in [-0.2, -0.15) is 0 Å². The van der Waals surface area contributed by atoms with Crippen LogP contribution < -0.4 is 5.32 Å². The van der Waals surface area contributed by atoms with Crippen molar-refractivity contribution < 1.29 is 9.21 Å². The van der Waals surface area contributed by atoms with E-state index in [9.17, 15) is 4.79 Å². The van der Waals surface area contributed by atoms with Crippen LogP contribution in [0.4, 0.5) is 0 Å². The first-order valence-corrected chi connectivity index (χ1v) is 9.43. The SMILES string of the molecule is O=C(NCc1ccc(-n2ccnc2)nc1)c1cc(-c2ccco2)nc2ccccc12. The minimum atomic E-state index is -0.180. The fourth-order valence-corrected chi connectivity index (χ4v) is 3.26. The van der Waals surface area contributed by atoms with Crippen LogP contribution >= 0.6 is 0 Å². The highest BCUT2D eigenvalue weighted by Gasteiger charge is 2.15. The van der Waals surface area contributed by atoms with Gasteiger partial charge in [-0.05, 0) is 35.9 Å². The fourth-order valence-electron chi connectivity index (χ4n) is 3.26. The molecule has 5 rings (SSSR count). The van der Waals surface area contributed by atoms with E-state index in [1.54, 1.807) is 37.1 Å². The number of carbonyl (C=O) groups is 1. The number of pyridine rings is 2. The third-order valence-corrected chi connectivity index (χ3v) is 4.77. The van der Waals surface area contributed by atoms with E-state index in [2.05, 4.69) is 20.3 Å². The molecule has 7 heteroatoms. The van der Waals surface area contributed by atoms with Crippen LogP contribution in [0.3, 0.4) is 0 Å². The number of hydrogen-bond donors (Lipinski definition) is 1. The lowest BCUT2D eigenvalue weighted by Crippen LogP contribution is -2.23. The molecule has 30 heavy (non-hydrogen) atoms. The van der Waals surface area contributed by atoms with Gasteiger partial charge in [-0.3, -0.25) is 9.36 Å². The number of aromatic nitrogens is 4. The van der Waals surface area contributed by atoms with Gasteiger partial charge in [-0.25, -0.2) is 15.0 Å². The van der Waals surface area contributed by atoms with Crippen LogP contribution in [0.15, 0.2) is 90.2 Å². The molecule has 0 radical (unpaired) electrons.